The van der Waals surface area contributed by atoms with Crippen LogP contribution in [0.3, 0.4) is 0 Å². The third-order valence-corrected chi connectivity index (χ3v) is 2.47. The molecule has 1 unspecified atom stereocenters. The molecule has 1 atom stereocenters. The molecule has 0 aliphatic carbocycles. The summed E-state index contributed by atoms with van der Waals surface area (Å²) in [5.74, 6) is 0. The van der Waals surface area contributed by atoms with Crippen LogP contribution in [0.2, 0.25) is 0 Å². The number of rotatable bonds is 5. The molecule has 0 saturated carbocycles. The lowest BCUT2D eigenvalue weighted by molar-refractivity contribution is -0.385. The highest BCUT2D eigenvalue weighted by Gasteiger charge is 2.14. The van der Waals surface area contributed by atoms with Crippen molar-refractivity contribution in [2.24, 2.45) is 0 Å². The molecule has 0 aliphatic heterocycles. The number of aliphatic hydroxyl groups excluding tert-OH is 1. The third kappa shape index (κ3) is 3.54. The molecule has 90 valence electrons. The monoisotopic (exact) mass is 234 g/mol. The van der Waals surface area contributed by atoms with E-state index in [-0.39, 0.29) is 11.3 Å². The zero-order valence-corrected chi connectivity index (χ0v) is 9.59. The fourth-order valence-corrected chi connectivity index (χ4v) is 1.67. The van der Waals surface area contributed by atoms with Crippen LogP contribution < -0.4 is 0 Å². The summed E-state index contributed by atoms with van der Waals surface area (Å²) in [6, 6.07) is 6.16. The van der Waals surface area contributed by atoms with Gasteiger partial charge in [-0.3, -0.25) is 10.1 Å². The van der Waals surface area contributed by atoms with Crippen LogP contribution in [0.15, 0.2) is 18.2 Å². The van der Waals surface area contributed by atoms with Gasteiger partial charge in [0.15, 0.2) is 0 Å². The maximum absolute atomic E-state index is 10.6. The van der Waals surface area contributed by atoms with Crippen molar-refractivity contribution in [3.63, 3.8) is 0 Å². The predicted octanol–water partition coefficient (Wildman–Crippen LogP) is 2.17. The van der Waals surface area contributed by atoms with Gasteiger partial charge in [-0.2, -0.15) is 5.26 Å². The number of benzene rings is 1. The van der Waals surface area contributed by atoms with Crippen molar-refractivity contribution in [3.8, 4) is 6.07 Å². The Labute approximate surface area is 99.5 Å². The summed E-state index contributed by atoms with van der Waals surface area (Å²) in [4.78, 5) is 10.0. The molecule has 0 spiro atoms. The highest BCUT2D eigenvalue weighted by molar-refractivity contribution is 5.50. The fraction of sp³-hybridized carbons (Fsp3) is 0.417. The molecule has 0 aromatic heterocycles. The van der Waals surface area contributed by atoms with Crippen LogP contribution in [0.25, 0.3) is 0 Å². The first kappa shape index (κ1) is 13.1. The zero-order valence-electron chi connectivity index (χ0n) is 9.59. The molecule has 5 nitrogen and oxygen atoms in total. The topological polar surface area (TPSA) is 87.2 Å². The first-order chi connectivity index (χ1) is 8.08. The Morgan fingerprint density at radius 3 is 2.82 bits per heavy atom. The summed E-state index contributed by atoms with van der Waals surface area (Å²) in [5.41, 5.74) is 0.588. The Bertz CT molecular complexity index is 452. The SMILES string of the molecule is CCCC(O)Cc1ccc([N+](=O)[O-])c(C#N)c1. The van der Waals surface area contributed by atoms with Crippen molar-refractivity contribution < 1.29 is 10.0 Å². The molecule has 0 saturated heterocycles. The van der Waals surface area contributed by atoms with Gasteiger partial charge in [-0.15, -0.1) is 0 Å². The van der Waals surface area contributed by atoms with Crippen molar-refractivity contribution in [1.29, 1.82) is 5.26 Å². The van der Waals surface area contributed by atoms with Crippen LogP contribution in [0, 0.1) is 21.4 Å². The second-order valence-electron chi connectivity index (χ2n) is 3.87. The van der Waals surface area contributed by atoms with Crippen molar-refractivity contribution >= 4 is 5.69 Å². The summed E-state index contributed by atoms with van der Waals surface area (Å²) in [5, 5.41) is 29.1. The van der Waals surface area contributed by atoms with E-state index in [2.05, 4.69) is 0 Å². The Hall–Kier alpha value is -1.93. The second-order valence-corrected chi connectivity index (χ2v) is 3.87. The van der Waals surface area contributed by atoms with Crippen LogP contribution in [-0.2, 0) is 6.42 Å². The minimum absolute atomic E-state index is 0.0381. The summed E-state index contributed by atoms with van der Waals surface area (Å²) in [6.45, 7) is 1.97. The molecule has 5 heteroatoms. The number of nitro benzene ring substituents is 1. The molecule has 0 bridgehead atoms. The van der Waals surface area contributed by atoms with Crippen molar-refractivity contribution in [1.82, 2.24) is 0 Å². The number of aliphatic hydroxyl groups is 1. The standard InChI is InChI=1S/C12H14N2O3/c1-2-3-11(15)7-9-4-5-12(14(16)17)10(6-9)8-13/h4-6,11,15H,2-3,7H2,1H3. The highest BCUT2D eigenvalue weighted by atomic mass is 16.6. The van der Waals surface area contributed by atoms with E-state index >= 15 is 0 Å². The van der Waals surface area contributed by atoms with Gasteiger partial charge in [0.05, 0.1) is 11.0 Å². The minimum atomic E-state index is -0.579. The normalized spacial score (nSPS) is 11.8. The molecule has 0 radical (unpaired) electrons. The van der Waals surface area contributed by atoms with E-state index in [1.807, 2.05) is 6.92 Å². The molecule has 0 amide bonds. The number of hydrogen-bond donors (Lipinski definition) is 1. The van der Waals surface area contributed by atoms with Gasteiger partial charge in [-0.05, 0) is 24.5 Å². The van der Waals surface area contributed by atoms with E-state index in [4.69, 9.17) is 5.26 Å². The van der Waals surface area contributed by atoms with Gasteiger partial charge in [0, 0.05) is 6.07 Å². The van der Waals surface area contributed by atoms with Gasteiger partial charge < -0.3 is 5.11 Å². The van der Waals surface area contributed by atoms with E-state index < -0.39 is 11.0 Å². The van der Waals surface area contributed by atoms with Gasteiger partial charge in [-0.25, -0.2) is 0 Å². The average molecular weight is 234 g/mol. The lowest BCUT2D eigenvalue weighted by atomic mass is 10.0. The largest absolute Gasteiger partial charge is 0.393 e. The Morgan fingerprint density at radius 2 is 2.29 bits per heavy atom. The molecule has 0 aliphatic rings. The molecule has 1 rings (SSSR count). The van der Waals surface area contributed by atoms with E-state index in [9.17, 15) is 15.2 Å². The average Bonchev–Trinajstić information content (AvgIpc) is 2.28. The molecule has 1 aromatic carbocycles. The number of nitrogens with zero attached hydrogens (tertiary/aromatic N) is 2. The highest BCUT2D eigenvalue weighted by Crippen LogP contribution is 2.20. The van der Waals surface area contributed by atoms with Gasteiger partial charge in [0.25, 0.3) is 5.69 Å². The van der Waals surface area contributed by atoms with Crippen LogP contribution >= 0.6 is 0 Å². The third-order valence-electron chi connectivity index (χ3n) is 2.47. The summed E-state index contributed by atoms with van der Waals surface area (Å²) in [6.07, 6.45) is 1.51. The fourth-order valence-electron chi connectivity index (χ4n) is 1.67. The lowest BCUT2D eigenvalue weighted by Crippen LogP contribution is -2.10. The molecule has 17 heavy (non-hydrogen) atoms. The van der Waals surface area contributed by atoms with Crippen molar-refractivity contribution in [2.45, 2.75) is 32.3 Å². The van der Waals surface area contributed by atoms with Crippen molar-refractivity contribution in [2.75, 3.05) is 0 Å². The smallest absolute Gasteiger partial charge is 0.287 e. The number of nitriles is 1. The van der Waals surface area contributed by atoms with Crippen LogP contribution in [0.4, 0.5) is 5.69 Å². The first-order valence-electron chi connectivity index (χ1n) is 5.44. The van der Waals surface area contributed by atoms with Crippen LogP contribution in [-0.4, -0.2) is 16.1 Å². The van der Waals surface area contributed by atoms with Gasteiger partial charge in [0.2, 0.25) is 0 Å². The van der Waals surface area contributed by atoms with E-state index in [0.717, 1.165) is 12.0 Å². The predicted molar refractivity (Wildman–Crippen MR) is 62.4 cm³/mol. The quantitative estimate of drug-likeness (QED) is 0.624. The number of nitro groups is 1. The molecule has 1 aromatic rings. The maximum atomic E-state index is 10.6. The second kappa shape index (κ2) is 5.97. The van der Waals surface area contributed by atoms with E-state index in [1.165, 1.54) is 12.1 Å². The van der Waals surface area contributed by atoms with Gasteiger partial charge in [0.1, 0.15) is 11.6 Å². The Morgan fingerprint density at radius 1 is 1.59 bits per heavy atom. The lowest BCUT2D eigenvalue weighted by Gasteiger charge is -2.09. The van der Waals surface area contributed by atoms with Crippen LogP contribution in [0.5, 0.6) is 0 Å². The molecule has 0 fully saturated rings. The Balaban J connectivity index is 2.91. The molecule has 0 heterocycles. The molecular weight excluding hydrogens is 220 g/mol. The van der Waals surface area contributed by atoms with Gasteiger partial charge in [-0.1, -0.05) is 19.4 Å². The van der Waals surface area contributed by atoms with Crippen molar-refractivity contribution in [3.05, 3.63) is 39.4 Å². The molecule has 1 N–H and O–H groups in total. The summed E-state index contributed by atoms with van der Waals surface area (Å²) >= 11 is 0. The van der Waals surface area contributed by atoms with Crippen LogP contribution in [0.1, 0.15) is 30.9 Å². The summed E-state index contributed by atoms with van der Waals surface area (Å²) in [7, 11) is 0. The zero-order chi connectivity index (χ0) is 12.8. The summed E-state index contributed by atoms with van der Waals surface area (Å²) < 4.78 is 0. The molecular formula is C12H14N2O3. The minimum Gasteiger partial charge on any atom is -0.393 e. The van der Waals surface area contributed by atoms with E-state index in [1.54, 1.807) is 12.1 Å². The van der Waals surface area contributed by atoms with E-state index in [0.29, 0.717) is 12.8 Å². The van der Waals surface area contributed by atoms with Gasteiger partial charge >= 0.3 is 0 Å². The number of hydrogen-bond acceptors (Lipinski definition) is 4. The Kier molecular flexibility index (Phi) is 4.61. The maximum Gasteiger partial charge on any atom is 0.287 e. The first-order valence-corrected chi connectivity index (χ1v) is 5.44.